The molecule has 0 amide bonds. The van der Waals surface area contributed by atoms with Crippen LogP contribution in [0.1, 0.15) is 30.7 Å². The summed E-state index contributed by atoms with van der Waals surface area (Å²) in [6, 6.07) is 1.12. The lowest BCUT2D eigenvalue weighted by molar-refractivity contribution is -0.0500. The molecule has 3 aromatic rings. The Kier molecular flexibility index (Phi) is 7.04. The molecule has 0 saturated carbocycles. The van der Waals surface area contributed by atoms with Crippen molar-refractivity contribution < 1.29 is 35.1 Å². The van der Waals surface area contributed by atoms with Gasteiger partial charge >= 0.3 is 13.0 Å². The molecule has 9 nitrogen and oxygen atoms in total. The standard InChI is InChI=1S/C16H15F4N5O4S2/c1-2-3-31(26,27)25(9-4-10(6-21-5-9)28-16(19)20)8-12-22-7-11(30-12)14-23-24-15(29-14)13(17)18/h4-7,13,16H,2-3,8H2,1H3. The first-order chi connectivity index (χ1) is 14.7. The molecule has 31 heavy (non-hydrogen) atoms. The lowest BCUT2D eigenvalue weighted by Gasteiger charge is -2.23. The van der Waals surface area contributed by atoms with Crippen LogP contribution in [0.5, 0.6) is 5.75 Å². The highest BCUT2D eigenvalue weighted by molar-refractivity contribution is 7.92. The minimum atomic E-state index is -3.87. The van der Waals surface area contributed by atoms with Crippen LogP contribution in [0.2, 0.25) is 0 Å². The summed E-state index contributed by atoms with van der Waals surface area (Å²) in [4.78, 5) is 8.10. The molecule has 168 valence electrons. The van der Waals surface area contributed by atoms with Crippen LogP contribution in [0.15, 0.2) is 29.1 Å². The van der Waals surface area contributed by atoms with E-state index in [1.807, 2.05) is 0 Å². The number of thiazole rings is 1. The molecule has 0 N–H and O–H groups in total. The number of halogens is 4. The molecule has 3 aromatic heterocycles. The van der Waals surface area contributed by atoms with E-state index >= 15 is 0 Å². The summed E-state index contributed by atoms with van der Waals surface area (Å²) < 4.78 is 86.0. The van der Waals surface area contributed by atoms with Crippen LogP contribution < -0.4 is 9.04 Å². The molecule has 0 saturated heterocycles. The third kappa shape index (κ3) is 5.66. The Labute approximate surface area is 177 Å². The van der Waals surface area contributed by atoms with Gasteiger partial charge < -0.3 is 9.15 Å². The molecule has 0 unspecified atom stereocenters. The van der Waals surface area contributed by atoms with Crippen LogP contribution in [0.25, 0.3) is 10.8 Å². The number of alkyl halides is 4. The van der Waals surface area contributed by atoms with Crippen molar-refractivity contribution in [3.63, 3.8) is 0 Å². The summed E-state index contributed by atoms with van der Waals surface area (Å²) in [7, 11) is -3.87. The van der Waals surface area contributed by atoms with Gasteiger partial charge in [0.1, 0.15) is 15.6 Å². The van der Waals surface area contributed by atoms with E-state index in [0.717, 1.165) is 27.9 Å². The zero-order chi connectivity index (χ0) is 22.6. The largest absolute Gasteiger partial charge is 0.433 e. The van der Waals surface area contributed by atoms with E-state index in [-0.39, 0.29) is 39.5 Å². The first-order valence-corrected chi connectivity index (χ1v) is 11.1. The summed E-state index contributed by atoms with van der Waals surface area (Å²) in [5, 5.41) is 7.02. The molecule has 0 fully saturated rings. The van der Waals surface area contributed by atoms with Gasteiger partial charge in [-0.15, -0.1) is 21.5 Å². The van der Waals surface area contributed by atoms with Gasteiger partial charge in [0, 0.05) is 6.07 Å². The SMILES string of the molecule is CCCS(=O)(=O)N(Cc1ncc(-c2nnc(C(F)F)o2)s1)c1cncc(OC(F)F)c1. The molecule has 3 rings (SSSR count). The maximum absolute atomic E-state index is 12.8. The van der Waals surface area contributed by atoms with Gasteiger partial charge in [-0.1, -0.05) is 6.92 Å². The van der Waals surface area contributed by atoms with Crippen molar-refractivity contribution in [2.45, 2.75) is 32.9 Å². The van der Waals surface area contributed by atoms with Crippen LogP contribution in [0.3, 0.4) is 0 Å². The summed E-state index contributed by atoms with van der Waals surface area (Å²) in [6.07, 6.45) is 0.868. The van der Waals surface area contributed by atoms with Gasteiger partial charge in [0.15, 0.2) is 0 Å². The van der Waals surface area contributed by atoms with Crippen molar-refractivity contribution in [1.29, 1.82) is 0 Å². The highest BCUT2D eigenvalue weighted by Crippen LogP contribution is 2.31. The number of ether oxygens (including phenoxy) is 1. The van der Waals surface area contributed by atoms with Gasteiger partial charge in [0.05, 0.1) is 36.6 Å². The average Bonchev–Trinajstić information content (AvgIpc) is 3.35. The molecule has 0 bridgehead atoms. The molecule has 0 aliphatic heterocycles. The van der Waals surface area contributed by atoms with Crippen molar-refractivity contribution in [3.8, 4) is 16.5 Å². The summed E-state index contributed by atoms with van der Waals surface area (Å²) in [5.41, 5.74) is 0.00104. The highest BCUT2D eigenvalue weighted by Gasteiger charge is 2.25. The van der Waals surface area contributed by atoms with Crippen molar-refractivity contribution in [3.05, 3.63) is 35.6 Å². The van der Waals surface area contributed by atoms with Gasteiger partial charge in [0.25, 0.3) is 11.8 Å². The van der Waals surface area contributed by atoms with Crippen molar-refractivity contribution in [2.24, 2.45) is 0 Å². The van der Waals surface area contributed by atoms with Gasteiger partial charge in [-0.3, -0.25) is 9.29 Å². The van der Waals surface area contributed by atoms with Crippen LogP contribution >= 0.6 is 11.3 Å². The van der Waals surface area contributed by atoms with Crippen LogP contribution in [0, 0.1) is 0 Å². The average molecular weight is 481 g/mol. The lowest BCUT2D eigenvalue weighted by atomic mass is 10.4. The third-order valence-electron chi connectivity index (χ3n) is 3.68. The number of pyridine rings is 1. The van der Waals surface area contributed by atoms with Gasteiger partial charge in [-0.2, -0.15) is 17.6 Å². The van der Waals surface area contributed by atoms with Gasteiger partial charge in [-0.25, -0.2) is 13.4 Å². The minimum Gasteiger partial charge on any atom is -0.433 e. The molecule has 15 heteroatoms. The van der Waals surface area contributed by atoms with E-state index < -0.39 is 29.0 Å². The number of hydrogen-bond donors (Lipinski definition) is 0. The predicted molar refractivity (Wildman–Crippen MR) is 101 cm³/mol. The summed E-state index contributed by atoms with van der Waals surface area (Å²) in [5.74, 6) is -1.56. The van der Waals surface area contributed by atoms with Crippen molar-refractivity contribution >= 4 is 27.0 Å². The molecule has 0 aromatic carbocycles. The Morgan fingerprint density at radius 1 is 1.19 bits per heavy atom. The number of aromatic nitrogens is 4. The van der Waals surface area contributed by atoms with E-state index in [4.69, 9.17) is 4.42 Å². The zero-order valence-corrected chi connectivity index (χ0v) is 17.4. The molecule has 0 radical (unpaired) electrons. The van der Waals surface area contributed by atoms with E-state index in [0.29, 0.717) is 6.42 Å². The molecule has 0 atom stereocenters. The van der Waals surface area contributed by atoms with Gasteiger partial charge in [0.2, 0.25) is 10.0 Å². The highest BCUT2D eigenvalue weighted by atomic mass is 32.2. The Hall–Kier alpha value is -2.81. The third-order valence-corrected chi connectivity index (χ3v) is 6.59. The Balaban J connectivity index is 1.90. The summed E-state index contributed by atoms with van der Waals surface area (Å²) in [6.45, 7) is -1.70. The molecule has 0 spiro atoms. The number of anilines is 1. The predicted octanol–water partition coefficient (Wildman–Crippen LogP) is 3.87. The van der Waals surface area contributed by atoms with Crippen LogP contribution in [-0.4, -0.2) is 40.9 Å². The normalized spacial score (nSPS) is 12.0. The smallest absolute Gasteiger partial charge is 0.387 e. The number of rotatable bonds is 10. The van der Waals surface area contributed by atoms with Gasteiger partial charge in [-0.05, 0) is 6.42 Å². The molecular formula is C16H15F4N5O4S2. The van der Waals surface area contributed by atoms with E-state index in [1.54, 1.807) is 6.92 Å². The van der Waals surface area contributed by atoms with Crippen LogP contribution in [-0.2, 0) is 16.6 Å². The fourth-order valence-corrected chi connectivity index (χ4v) is 4.84. The topological polar surface area (TPSA) is 111 Å². The Morgan fingerprint density at radius 2 is 1.97 bits per heavy atom. The monoisotopic (exact) mass is 481 g/mol. The lowest BCUT2D eigenvalue weighted by Crippen LogP contribution is -2.32. The fourth-order valence-electron chi connectivity index (χ4n) is 2.46. The van der Waals surface area contributed by atoms with E-state index in [2.05, 4.69) is 24.9 Å². The second kappa shape index (κ2) is 9.55. The van der Waals surface area contributed by atoms with Crippen molar-refractivity contribution in [2.75, 3.05) is 10.1 Å². The van der Waals surface area contributed by atoms with Crippen LogP contribution in [0.4, 0.5) is 23.2 Å². The number of sulfonamides is 1. The Morgan fingerprint density at radius 3 is 2.61 bits per heavy atom. The quantitative estimate of drug-likeness (QED) is 0.401. The van der Waals surface area contributed by atoms with E-state index in [1.165, 1.54) is 12.4 Å². The van der Waals surface area contributed by atoms with E-state index in [9.17, 15) is 26.0 Å². The second-order valence-electron chi connectivity index (χ2n) is 5.94. The summed E-state index contributed by atoms with van der Waals surface area (Å²) >= 11 is 0.953. The van der Waals surface area contributed by atoms with Crippen molar-refractivity contribution in [1.82, 2.24) is 20.2 Å². The number of nitrogens with zero attached hydrogens (tertiary/aromatic N) is 5. The molecule has 0 aliphatic carbocycles. The fraction of sp³-hybridized carbons (Fsp3) is 0.375. The second-order valence-corrected chi connectivity index (χ2v) is 9.07. The molecule has 3 heterocycles. The maximum atomic E-state index is 12.8. The maximum Gasteiger partial charge on any atom is 0.387 e. The first-order valence-electron chi connectivity index (χ1n) is 8.66. The zero-order valence-electron chi connectivity index (χ0n) is 15.8. The molecular weight excluding hydrogens is 466 g/mol. The number of hydrogen-bond acceptors (Lipinski definition) is 9. The Bertz CT molecular complexity index is 1120. The first kappa shape index (κ1) is 22.9. The molecule has 0 aliphatic rings. The minimum absolute atomic E-state index is 0.00104.